The molecule has 1 atom stereocenters. The van der Waals surface area contributed by atoms with Gasteiger partial charge in [0.25, 0.3) is 0 Å². The summed E-state index contributed by atoms with van der Waals surface area (Å²) >= 11 is 0. The van der Waals surface area contributed by atoms with Crippen molar-refractivity contribution in [3.8, 4) is 11.5 Å². The number of ether oxygens (including phenoxy) is 3. The molecule has 7 heteroatoms. The molecular formula is C17H19N3O4. The molecule has 1 unspecified atom stereocenters. The van der Waals surface area contributed by atoms with Gasteiger partial charge in [0, 0.05) is 19.9 Å². The van der Waals surface area contributed by atoms with Crippen LogP contribution in [0.3, 0.4) is 0 Å². The zero-order chi connectivity index (χ0) is 16.5. The Morgan fingerprint density at radius 1 is 1.33 bits per heavy atom. The first-order chi connectivity index (χ1) is 11.7. The highest BCUT2D eigenvalue weighted by atomic mass is 16.7. The lowest BCUT2D eigenvalue weighted by molar-refractivity contribution is -0.132. The lowest BCUT2D eigenvalue weighted by Gasteiger charge is -2.33. The number of hydrogen-bond donors (Lipinski definition) is 0. The van der Waals surface area contributed by atoms with Crippen molar-refractivity contribution < 1.29 is 19.0 Å². The van der Waals surface area contributed by atoms with Gasteiger partial charge >= 0.3 is 0 Å². The Kier molecular flexibility index (Phi) is 3.86. The second kappa shape index (κ2) is 6.16. The van der Waals surface area contributed by atoms with Crippen molar-refractivity contribution in [1.82, 2.24) is 14.7 Å². The Labute approximate surface area is 139 Å². The molecule has 0 bridgehead atoms. The molecule has 126 valence electrons. The van der Waals surface area contributed by atoms with E-state index in [9.17, 15) is 4.79 Å². The van der Waals surface area contributed by atoms with E-state index in [2.05, 4.69) is 5.10 Å². The van der Waals surface area contributed by atoms with Crippen LogP contribution in [-0.2, 0) is 22.5 Å². The van der Waals surface area contributed by atoms with Crippen LogP contribution < -0.4 is 9.47 Å². The topological polar surface area (TPSA) is 65.8 Å². The summed E-state index contributed by atoms with van der Waals surface area (Å²) in [6, 6.07) is 7.63. The first kappa shape index (κ1) is 15.0. The maximum atomic E-state index is 12.7. The van der Waals surface area contributed by atoms with E-state index in [0.717, 1.165) is 17.0 Å². The summed E-state index contributed by atoms with van der Waals surface area (Å²) in [6.45, 7) is 1.94. The van der Waals surface area contributed by atoms with Gasteiger partial charge in [-0.25, -0.2) is 0 Å². The molecule has 24 heavy (non-hydrogen) atoms. The molecular weight excluding hydrogens is 310 g/mol. The van der Waals surface area contributed by atoms with Gasteiger partial charge < -0.3 is 19.1 Å². The number of amides is 1. The fourth-order valence-corrected chi connectivity index (χ4v) is 3.23. The van der Waals surface area contributed by atoms with E-state index in [1.165, 1.54) is 0 Å². The number of nitrogens with zero attached hydrogens (tertiary/aromatic N) is 3. The molecule has 2 aliphatic heterocycles. The van der Waals surface area contributed by atoms with E-state index < -0.39 is 0 Å². The Hall–Kier alpha value is -2.54. The van der Waals surface area contributed by atoms with Gasteiger partial charge in [0.05, 0.1) is 31.3 Å². The first-order valence-electron chi connectivity index (χ1n) is 7.92. The fourth-order valence-electron chi connectivity index (χ4n) is 3.23. The van der Waals surface area contributed by atoms with Crippen molar-refractivity contribution in [1.29, 1.82) is 0 Å². The predicted molar refractivity (Wildman–Crippen MR) is 84.8 cm³/mol. The monoisotopic (exact) mass is 329 g/mol. The number of carbonyl (C=O) groups excluding carboxylic acids is 1. The van der Waals surface area contributed by atoms with Gasteiger partial charge in [-0.3, -0.25) is 9.48 Å². The van der Waals surface area contributed by atoms with Crippen LogP contribution in [0.15, 0.2) is 30.5 Å². The van der Waals surface area contributed by atoms with Crippen LogP contribution in [0.5, 0.6) is 11.5 Å². The highest BCUT2D eigenvalue weighted by Crippen LogP contribution is 2.33. The summed E-state index contributed by atoms with van der Waals surface area (Å²) in [5, 5.41) is 4.34. The number of aromatic nitrogens is 2. The van der Waals surface area contributed by atoms with Crippen molar-refractivity contribution in [3.63, 3.8) is 0 Å². The second-order valence-corrected chi connectivity index (χ2v) is 6.01. The SMILES string of the molecule is COCC1CN(C(=O)Cc2ccc3c(c2)OCO3)Cc2ccnn21. The van der Waals surface area contributed by atoms with E-state index in [0.29, 0.717) is 31.9 Å². The van der Waals surface area contributed by atoms with Crippen molar-refractivity contribution in [2.75, 3.05) is 27.1 Å². The minimum absolute atomic E-state index is 0.0504. The number of fused-ring (bicyclic) bond motifs is 2. The Balaban J connectivity index is 1.49. The molecule has 0 radical (unpaired) electrons. The predicted octanol–water partition coefficient (Wildman–Crippen LogP) is 1.38. The zero-order valence-corrected chi connectivity index (χ0v) is 13.5. The van der Waals surface area contributed by atoms with Crippen LogP contribution in [0.4, 0.5) is 0 Å². The molecule has 0 N–H and O–H groups in total. The lowest BCUT2D eigenvalue weighted by atomic mass is 10.1. The highest BCUT2D eigenvalue weighted by Gasteiger charge is 2.28. The second-order valence-electron chi connectivity index (χ2n) is 6.01. The summed E-state index contributed by atoms with van der Waals surface area (Å²) < 4.78 is 17.9. The molecule has 0 saturated heterocycles. The molecule has 2 aliphatic rings. The van der Waals surface area contributed by atoms with Gasteiger partial charge in [-0.2, -0.15) is 5.10 Å². The van der Waals surface area contributed by atoms with Crippen LogP contribution in [0.1, 0.15) is 17.3 Å². The molecule has 7 nitrogen and oxygen atoms in total. The highest BCUT2D eigenvalue weighted by molar-refractivity contribution is 5.79. The number of benzene rings is 1. The summed E-state index contributed by atoms with van der Waals surface area (Å²) in [5.74, 6) is 1.52. The van der Waals surface area contributed by atoms with E-state index in [4.69, 9.17) is 14.2 Å². The normalized spacial score (nSPS) is 18.5. The van der Waals surface area contributed by atoms with Crippen LogP contribution >= 0.6 is 0 Å². The average molecular weight is 329 g/mol. The van der Waals surface area contributed by atoms with Gasteiger partial charge in [-0.15, -0.1) is 0 Å². The van der Waals surface area contributed by atoms with Crippen LogP contribution in [0, 0.1) is 0 Å². The summed E-state index contributed by atoms with van der Waals surface area (Å²) in [4.78, 5) is 14.6. The van der Waals surface area contributed by atoms with Gasteiger partial charge in [-0.1, -0.05) is 6.07 Å². The summed E-state index contributed by atoms with van der Waals surface area (Å²) in [6.07, 6.45) is 2.11. The molecule has 0 aliphatic carbocycles. The van der Waals surface area contributed by atoms with Gasteiger partial charge in [0.1, 0.15) is 0 Å². The van der Waals surface area contributed by atoms with Crippen molar-refractivity contribution >= 4 is 5.91 Å². The Morgan fingerprint density at radius 2 is 2.21 bits per heavy atom. The quantitative estimate of drug-likeness (QED) is 0.848. The number of rotatable bonds is 4. The van der Waals surface area contributed by atoms with Crippen molar-refractivity contribution in [2.45, 2.75) is 19.0 Å². The Morgan fingerprint density at radius 3 is 3.08 bits per heavy atom. The third-order valence-corrected chi connectivity index (χ3v) is 4.39. The minimum atomic E-state index is 0.0504. The molecule has 0 fully saturated rings. The van der Waals surface area contributed by atoms with E-state index >= 15 is 0 Å². The smallest absolute Gasteiger partial charge is 0.231 e. The standard InChI is InChI=1S/C17H19N3O4/c1-22-10-14-9-19(8-13-4-5-18-20(13)14)17(21)7-12-2-3-15-16(6-12)24-11-23-15/h2-6,14H,7-11H2,1H3. The number of hydrogen-bond acceptors (Lipinski definition) is 5. The zero-order valence-electron chi connectivity index (χ0n) is 13.5. The molecule has 0 saturated carbocycles. The van der Waals surface area contributed by atoms with E-state index in [1.54, 1.807) is 13.3 Å². The first-order valence-corrected chi connectivity index (χ1v) is 7.92. The molecule has 1 aromatic heterocycles. The third kappa shape index (κ3) is 2.71. The lowest BCUT2D eigenvalue weighted by Crippen LogP contribution is -2.43. The van der Waals surface area contributed by atoms with Crippen molar-refractivity contribution in [3.05, 3.63) is 41.7 Å². The van der Waals surface area contributed by atoms with Gasteiger partial charge in [0.2, 0.25) is 12.7 Å². The molecule has 0 spiro atoms. The largest absolute Gasteiger partial charge is 0.454 e. The Bertz CT molecular complexity index is 758. The fraction of sp³-hybridized carbons (Fsp3) is 0.412. The maximum absolute atomic E-state index is 12.7. The average Bonchev–Trinajstić information content (AvgIpc) is 3.23. The third-order valence-electron chi connectivity index (χ3n) is 4.39. The van der Waals surface area contributed by atoms with Gasteiger partial charge in [0.15, 0.2) is 11.5 Å². The van der Waals surface area contributed by atoms with Crippen molar-refractivity contribution in [2.24, 2.45) is 0 Å². The summed E-state index contributed by atoms with van der Waals surface area (Å²) in [7, 11) is 1.66. The van der Waals surface area contributed by atoms with E-state index in [1.807, 2.05) is 33.8 Å². The summed E-state index contributed by atoms with van der Waals surface area (Å²) in [5.41, 5.74) is 1.95. The molecule has 2 aromatic rings. The minimum Gasteiger partial charge on any atom is -0.454 e. The van der Waals surface area contributed by atoms with Crippen LogP contribution in [-0.4, -0.2) is 47.6 Å². The van der Waals surface area contributed by atoms with Crippen LogP contribution in [0.2, 0.25) is 0 Å². The molecule has 4 rings (SSSR count). The van der Waals surface area contributed by atoms with E-state index in [-0.39, 0.29) is 18.7 Å². The number of methoxy groups -OCH3 is 1. The molecule has 1 amide bonds. The maximum Gasteiger partial charge on any atom is 0.231 e. The van der Waals surface area contributed by atoms with Gasteiger partial charge in [-0.05, 0) is 23.8 Å². The van der Waals surface area contributed by atoms with Crippen LogP contribution in [0.25, 0.3) is 0 Å². The molecule has 3 heterocycles. The molecule has 1 aromatic carbocycles. The number of carbonyl (C=O) groups is 1.